The van der Waals surface area contributed by atoms with Crippen LogP contribution in [0.5, 0.6) is 0 Å². The highest BCUT2D eigenvalue weighted by atomic mass is 35.5. The lowest BCUT2D eigenvalue weighted by Crippen LogP contribution is -2.43. The van der Waals surface area contributed by atoms with Gasteiger partial charge in [0.1, 0.15) is 11.4 Å². The van der Waals surface area contributed by atoms with Gasteiger partial charge in [-0.25, -0.2) is 18.2 Å². The molecule has 12 heteroatoms. The molecule has 1 aromatic heterocycles. The Morgan fingerprint density at radius 1 is 1.08 bits per heavy atom. The van der Waals surface area contributed by atoms with Crippen LogP contribution in [0, 0.1) is 5.92 Å². The van der Waals surface area contributed by atoms with Crippen molar-refractivity contribution in [3.05, 3.63) is 47.1 Å². The van der Waals surface area contributed by atoms with Crippen LogP contribution < -0.4 is 10.6 Å². The number of anilines is 2. The molecule has 194 valence electrons. The van der Waals surface area contributed by atoms with E-state index in [1.807, 2.05) is 0 Å². The van der Waals surface area contributed by atoms with Crippen molar-refractivity contribution in [1.29, 1.82) is 0 Å². The molecular formula is C24H29ClN4O6S. The lowest BCUT2D eigenvalue weighted by Gasteiger charge is -2.33. The zero-order valence-electron chi connectivity index (χ0n) is 20.5. The number of nitrogens with zero attached hydrogens (tertiary/aromatic N) is 2. The molecule has 0 unspecified atom stereocenters. The molecule has 1 fully saturated rings. The Bertz CT molecular complexity index is 1250. The van der Waals surface area contributed by atoms with E-state index in [1.54, 1.807) is 31.7 Å². The molecule has 0 radical (unpaired) electrons. The average molecular weight is 537 g/mol. The number of hydrogen-bond acceptors (Lipinski definition) is 7. The number of sulfone groups is 1. The fraction of sp³-hybridized carbons (Fsp3) is 0.417. The second kappa shape index (κ2) is 10.8. The van der Waals surface area contributed by atoms with Crippen molar-refractivity contribution < 1.29 is 27.5 Å². The third-order valence-corrected chi connectivity index (χ3v) is 6.74. The van der Waals surface area contributed by atoms with Crippen LogP contribution in [0.3, 0.4) is 0 Å². The average Bonchev–Trinajstić information content (AvgIpc) is 2.79. The second-order valence-electron chi connectivity index (χ2n) is 9.53. The minimum atomic E-state index is -3.61. The fourth-order valence-electron chi connectivity index (χ4n) is 3.57. The summed E-state index contributed by atoms with van der Waals surface area (Å²) < 4.78 is 29.5. The summed E-state index contributed by atoms with van der Waals surface area (Å²) in [4.78, 5) is 43.8. The molecule has 3 amide bonds. The summed E-state index contributed by atoms with van der Waals surface area (Å²) in [6.07, 6.45) is 2.80. The zero-order chi connectivity index (χ0) is 26.7. The standard InChI is InChI=1S/C24H29ClN4O6S/c1-24(2,3)35-23(32)29-11-9-15(10-12-29)21(30)27-19-7-6-17(36(4,33)34)13-18(19)22(31)28-20-8-5-16(25)14-26-20/h5-8,13-15H,9-12H2,1-4H3,(H,27,30)(H,26,28,31). The van der Waals surface area contributed by atoms with Crippen molar-refractivity contribution >= 4 is 50.9 Å². The van der Waals surface area contributed by atoms with E-state index < -0.39 is 33.4 Å². The van der Waals surface area contributed by atoms with Gasteiger partial charge in [-0.2, -0.15) is 0 Å². The Balaban J connectivity index is 1.74. The van der Waals surface area contributed by atoms with E-state index in [9.17, 15) is 22.8 Å². The van der Waals surface area contributed by atoms with Crippen LogP contribution in [-0.4, -0.2) is 61.2 Å². The minimum Gasteiger partial charge on any atom is -0.444 e. The smallest absolute Gasteiger partial charge is 0.410 e. The topological polar surface area (TPSA) is 135 Å². The Hall–Kier alpha value is -3.18. The first kappa shape index (κ1) is 27.4. The first-order valence-corrected chi connectivity index (χ1v) is 13.6. The number of ether oxygens (including phenoxy) is 1. The van der Waals surface area contributed by atoms with Crippen LogP contribution in [0.25, 0.3) is 0 Å². The number of likely N-dealkylation sites (tertiary alicyclic amines) is 1. The summed E-state index contributed by atoms with van der Waals surface area (Å²) in [5, 5.41) is 5.71. The molecule has 1 saturated heterocycles. The molecule has 1 aliphatic rings. The van der Waals surface area contributed by atoms with Gasteiger partial charge in [0.05, 0.1) is 21.2 Å². The quantitative estimate of drug-likeness (QED) is 0.590. The summed E-state index contributed by atoms with van der Waals surface area (Å²) in [5.41, 5.74) is -0.482. The summed E-state index contributed by atoms with van der Waals surface area (Å²) in [6.45, 7) is 6.08. The number of nitrogens with one attached hydrogen (secondary N) is 2. The van der Waals surface area contributed by atoms with Gasteiger partial charge in [-0.15, -0.1) is 0 Å². The first-order valence-electron chi connectivity index (χ1n) is 11.3. The number of hydrogen-bond donors (Lipinski definition) is 2. The largest absolute Gasteiger partial charge is 0.444 e. The number of benzene rings is 1. The lowest BCUT2D eigenvalue weighted by atomic mass is 9.96. The maximum atomic E-state index is 13.0. The molecule has 2 aromatic rings. The number of rotatable bonds is 5. The molecule has 0 bridgehead atoms. The van der Waals surface area contributed by atoms with E-state index in [-0.39, 0.29) is 27.9 Å². The second-order valence-corrected chi connectivity index (χ2v) is 12.0. The van der Waals surface area contributed by atoms with Crippen LogP contribution in [0.4, 0.5) is 16.3 Å². The molecule has 36 heavy (non-hydrogen) atoms. The summed E-state index contributed by atoms with van der Waals surface area (Å²) in [5.74, 6) is -1.16. The van der Waals surface area contributed by atoms with Crippen molar-refractivity contribution in [2.75, 3.05) is 30.0 Å². The number of carbonyl (C=O) groups excluding carboxylic acids is 3. The minimum absolute atomic E-state index is 0.0331. The molecule has 2 N–H and O–H groups in total. The highest BCUT2D eigenvalue weighted by Crippen LogP contribution is 2.25. The molecule has 0 aliphatic carbocycles. The van der Waals surface area contributed by atoms with Gasteiger partial charge in [-0.05, 0) is 63.9 Å². The molecule has 1 aromatic carbocycles. The van der Waals surface area contributed by atoms with Gasteiger partial charge in [0.2, 0.25) is 5.91 Å². The molecular weight excluding hydrogens is 508 g/mol. The van der Waals surface area contributed by atoms with Gasteiger partial charge in [-0.1, -0.05) is 11.6 Å². The third-order valence-electron chi connectivity index (χ3n) is 5.41. The number of halogens is 1. The van der Waals surface area contributed by atoms with Crippen molar-refractivity contribution in [3.8, 4) is 0 Å². The van der Waals surface area contributed by atoms with Crippen LogP contribution in [-0.2, 0) is 19.4 Å². The number of piperidine rings is 1. The molecule has 3 rings (SSSR count). The molecule has 0 saturated carbocycles. The molecule has 10 nitrogen and oxygen atoms in total. The molecule has 0 atom stereocenters. The van der Waals surface area contributed by atoms with Crippen molar-refractivity contribution in [2.24, 2.45) is 5.92 Å². The van der Waals surface area contributed by atoms with E-state index in [4.69, 9.17) is 16.3 Å². The van der Waals surface area contributed by atoms with E-state index >= 15 is 0 Å². The van der Waals surface area contributed by atoms with Crippen LogP contribution in [0.2, 0.25) is 5.02 Å². The predicted octanol–water partition coefficient (Wildman–Crippen LogP) is 3.98. The Kier molecular flexibility index (Phi) is 8.25. The summed E-state index contributed by atoms with van der Waals surface area (Å²) in [7, 11) is -3.61. The predicted molar refractivity (Wildman–Crippen MR) is 136 cm³/mol. The van der Waals surface area contributed by atoms with Gasteiger partial charge >= 0.3 is 6.09 Å². The fourth-order valence-corrected chi connectivity index (χ4v) is 4.33. The molecule has 2 heterocycles. The Morgan fingerprint density at radius 3 is 2.31 bits per heavy atom. The number of pyridine rings is 1. The molecule has 0 spiro atoms. The van der Waals surface area contributed by atoms with Gasteiger partial charge in [0.15, 0.2) is 9.84 Å². The SMILES string of the molecule is CC(C)(C)OC(=O)N1CCC(C(=O)Nc2ccc(S(C)(=O)=O)cc2C(=O)Nc2ccc(Cl)cn2)CC1. The van der Waals surface area contributed by atoms with Gasteiger partial charge in [-0.3, -0.25) is 9.59 Å². The van der Waals surface area contributed by atoms with Crippen LogP contribution in [0.15, 0.2) is 41.4 Å². The Labute approximate surface area is 215 Å². The van der Waals surface area contributed by atoms with Gasteiger partial charge < -0.3 is 20.3 Å². The van der Waals surface area contributed by atoms with Crippen molar-refractivity contribution in [1.82, 2.24) is 9.88 Å². The summed E-state index contributed by atoms with van der Waals surface area (Å²) >= 11 is 5.83. The normalized spacial score (nSPS) is 14.8. The monoisotopic (exact) mass is 536 g/mol. The Morgan fingerprint density at radius 2 is 1.75 bits per heavy atom. The maximum Gasteiger partial charge on any atom is 0.410 e. The first-order chi connectivity index (χ1) is 16.7. The van der Waals surface area contributed by atoms with Gasteiger partial charge in [0, 0.05) is 31.5 Å². The van der Waals surface area contributed by atoms with E-state index in [0.29, 0.717) is 31.0 Å². The van der Waals surface area contributed by atoms with E-state index in [2.05, 4.69) is 15.6 Å². The zero-order valence-corrected chi connectivity index (χ0v) is 22.1. The highest BCUT2D eigenvalue weighted by molar-refractivity contribution is 7.90. The number of aromatic nitrogens is 1. The van der Waals surface area contributed by atoms with E-state index in [1.165, 1.54) is 30.5 Å². The van der Waals surface area contributed by atoms with Crippen LogP contribution in [0.1, 0.15) is 44.0 Å². The summed E-state index contributed by atoms with van der Waals surface area (Å²) in [6, 6.07) is 6.96. The third kappa shape index (κ3) is 7.41. The van der Waals surface area contributed by atoms with Crippen LogP contribution >= 0.6 is 11.6 Å². The maximum absolute atomic E-state index is 13.0. The van der Waals surface area contributed by atoms with Crippen molar-refractivity contribution in [3.63, 3.8) is 0 Å². The molecule has 1 aliphatic heterocycles. The van der Waals surface area contributed by atoms with Gasteiger partial charge in [0.25, 0.3) is 5.91 Å². The number of carbonyl (C=O) groups is 3. The van der Waals surface area contributed by atoms with E-state index in [0.717, 1.165) is 6.26 Å². The number of amides is 3. The van der Waals surface area contributed by atoms with Crippen molar-refractivity contribution in [2.45, 2.75) is 44.1 Å². The highest BCUT2D eigenvalue weighted by Gasteiger charge is 2.30. The lowest BCUT2D eigenvalue weighted by molar-refractivity contribution is -0.121.